The molecule has 0 fully saturated rings. The normalized spacial score (nSPS) is 10.8. The highest BCUT2D eigenvalue weighted by molar-refractivity contribution is 6.23. The van der Waals surface area contributed by atoms with E-state index in [9.17, 15) is 19.8 Å². The van der Waals surface area contributed by atoms with Crippen molar-refractivity contribution in [2.45, 2.75) is 0 Å². The van der Waals surface area contributed by atoms with E-state index in [4.69, 9.17) is 0 Å². The van der Waals surface area contributed by atoms with E-state index in [0.29, 0.717) is 21.5 Å². The zero-order valence-electron chi connectivity index (χ0n) is 10.3. The Bertz CT molecular complexity index is 736. The summed E-state index contributed by atoms with van der Waals surface area (Å²) < 4.78 is 0. The molecule has 0 saturated heterocycles. The minimum Gasteiger partial charge on any atom is -0.545 e. The first-order chi connectivity index (χ1) is 9.61. The van der Waals surface area contributed by atoms with Crippen LogP contribution < -0.4 is 10.2 Å². The number of carbonyl (C=O) groups excluding carboxylic acids is 2. The average Bonchev–Trinajstić information content (AvgIpc) is 2.43. The lowest BCUT2D eigenvalue weighted by molar-refractivity contribution is -0.256. The highest BCUT2D eigenvalue weighted by atomic mass is 16.4. The predicted octanol–water partition coefficient (Wildman–Crippen LogP) is 0.720. The summed E-state index contributed by atoms with van der Waals surface area (Å²) in [5.41, 5.74) is 0.00222. The van der Waals surface area contributed by atoms with Crippen LogP contribution in [0.2, 0.25) is 0 Å². The van der Waals surface area contributed by atoms with Crippen molar-refractivity contribution in [1.82, 2.24) is 0 Å². The van der Waals surface area contributed by atoms with E-state index in [-0.39, 0.29) is 11.1 Å². The van der Waals surface area contributed by atoms with Gasteiger partial charge in [0, 0.05) is 11.1 Å². The van der Waals surface area contributed by atoms with E-state index in [1.165, 1.54) is 0 Å². The summed E-state index contributed by atoms with van der Waals surface area (Å²) in [6, 6.07) is 12.9. The van der Waals surface area contributed by atoms with Gasteiger partial charge in [-0.1, -0.05) is 48.5 Å². The van der Waals surface area contributed by atoms with Crippen LogP contribution in [-0.4, -0.2) is 11.9 Å². The maximum atomic E-state index is 11.4. The predicted molar refractivity (Wildman–Crippen MR) is 70.1 cm³/mol. The summed E-state index contributed by atoms with van der Waals surface area (Å²) >= 11 is 0. The van der Waals surface area contributed by atoms with Crippen LogP contribution in [-0.2, 0) is 0 Å². The second kappa shape index (κ2) is 4.35. The summed E-state index contributed by atoms with van der Waals surface area (Å²) in [7, 11) is 0. The Morgan fingerprint density at radius 2 is 0.850 bits per heavy atom. The van der Waals surface area contributed by atoms with E-state index in [1.54, 1.807) is 48.5 Å². The van der Waals surface area contributed by atoms with Crippen molar-refractivity contribution in [1.29, 1.82) is 0 Å². The van der Waals surface area contributed by atoms with Crippen LogP contribution in [0.1, 0.15) is 20.7 Å². The molecular weight excluding hydrogens is 256 g/mol. The third-order valence-electron chi connectivity index (χ3n) is 3.34. The molecule has 20 heavy (non-hydrogen) atoms. The summed E-state index contributed by atoms with van der Waals surface area (Å²) in [5.74, 6) is -2.66. The van der Waals surface area contributed by atoms with Crippen molar-refractivity contribution < 1.29 is 19.8 Å². The molecule has 0 aliphatic carbocycles. The molecule has 4 nitrogen and oxygen atoms in total. The summed E-state index contributed by atoms with van der Waals surface area (Å²) in [5, 5.41) is 24.2. The van der Waals surface area contributed by atoms with Crippen LogP contribution in [0, 0.1) is 0 Å². The molecule has 0 N–H and O–H groups in total. The fraction of sp³-hybridized carbons (Fsp3) is 0. The summed E-state index contributed by atoms with van der Waals surface area (Å²) in [4.78, 5) is 22.9. The van der Waals surface area contributed by atoms with Crippen LogP contribution in [0.3, 0.4) is 0 Å². The lowest BCUT2D eigenvalue weighted by atomic mass is 9.92. The zero-order valence-corrected chi connectivity index (χ0v) is 10.3. The van der Waals surface area contributed by atoms with E-state index < -0.39 is 11.9 Å². The summed E-state index contributed by atoms with van der Waals surface area (Å²) in [6.45, 7) is 0. The molecule has 0 unspecified atom stereocenters. The number of rotatable bonds is 2. The van der Waals surface area contributed by atoms with Gasteiger partial charge in [0.05, 0.1) is 11.9 Å². The summed E-state index contributed by atoms with van der Waals surface area (Å²) in [6.07, 6.45) is 0. The first kappa shape index (κ1) is 12.2. The molecule has 0 aliphatic heterocycles. The molecule has 0 heterocycles. The number of hydrogen-bond donors (Lipinski definition) is 0. The first-order valence-corrected chi connectivity index (χ1v) is 5.97. The van der Waals surface area contributed by atoms with Crippen molar-refractivity contribution in [3.63, 3.8) is 0 Å². The highest BCUT2D eigenvalue weighted by Gasteiger charge is 2.14. The van der Waals surface area contributed by atoms with Gasteiger partial charge in [0.2, 0.25) is 0 Å². The average molecular weight is 264 g/mol. The first-order valence-electron chi connectivity index (χ1n) is 5.97. The quantitative estimate of drug-likeness (QED) is 0.639. The van der Waals surface area contributed by atoms with E-state index in [2.05, 4.69) is 0 Å². The van der Waals surface area contributed by atoms with Crippen LogP contribution in [0.25, 0.3) is 21.5 Å². The lowest BCUT2D eigenvalue weighted by Crippen LogP contribution is -2.26. The molecule has 0 radical (unpaired) electrons. The molecule has 0 bridgehead atoms. The van der Waals surface area contributed by atoms with E-state index in [0.717, 1.165) is 0 Å². The molecule has 98 valence electrons. The number of carboxylic acids is 2. The van der Waals surface area contributed by atoms with Gasteiger partial charge in [-0.2, -0.15) is 0 Å². The minimum absolute atomic E-state index is 0.00111. The van der Waals surface area contributed by atoms with Gasteiger partial charge in [-0.25, -0.2) is 0 Å². The van der Waals surface area contributed by atoms with Crippen molar-refractivity contribution >= 4 is 33.5 Å². The van der Waals surface area contributed by atoms with Gasteiger partial charge in [-0.05, 0) is 21.5 Å². The molecule has 3 aromatic carbocycles. The molecule has 0 amide bonds. The maximum Gasteiger partial charge on any atom is 0.0727 e. The molecule has 3 aromatic rings. The van der Waals surface area contributed by atoms with Gasteiger partial charge >= 0.3 is 0 Å². The number of fused-ring (bicyclic) bond motifs is 2. The third-order valence-corrected chi connectivity index (χ3v) is 3.34. The standard InChI is InChI=1S/C16H10O4/c17-15(18)13-9-5-1-2-6-10(9)14(16(19)20)12-8-4-3-7-11(12)13/h1-8H,(H,17,18)(H,19,20)/p-2. The zero-order chi connectivity index (χ0) is 14.3. The Labute approximate surface area is 113 Å². The second-order valence-electron chi connectivity index (χ2n) is 4.42. The van der Waals surface area contributed by atoms with Crippen molar-refractivity contribution in [3.8, 4) is 0 Å². The van der Waals surface area contributed by atoms with Crippen molar-refractivity contribution in [2.75, 3.05) is 0 Å². The van der Waals surface area contributed by atoms with Crippen LogP contribution in [0.4, 0.5) is 0 Å². The highest BCUT2D eigenvalue weighted by Crippen LogP contribution is 2.32. The van der Waals surface area contributed by atoms with Gasteiger partial charge < -0.3 is 19.8 Å². The van der Waals surface area contributed by atoms with Gasteiger partial charge in [-0.3, -0.25) is 0 Å². The molecule has 3 rings (SSSR count). The largest absolute Gasteiger partial charge is 0.545 e. The third kappa shape index (κ3) is 1.62. The number of aromatic carboxylic acids is 2. The molecule has 0 spiro atoms. The molecule has 0 aromatic heterocycles. The topological polar surface area (TPSA) is 80.3 Å². The Morgan fingerprint density at radius 3 is 1.05 bits per heavy atom. The number of carboxylic acid groups (broad SMARTS) is 2. The SMILES string of the molecule is O=C([O-])c1c2ccccc2c(C(=O)[O-])c2ccccc12. The number of benzene rings is 3. The van der Waals surface area contributed by atoms with Gasteiger partial charge in [0.25, 0.3) is 0 Å². The smallest absolute Gasteiger partial charge is 0.0727 e. The lowest BCUT2D eigenvalue weighted by Gasteiger charge is -2.17. The van der Waals surface area contributed by atoms with Gasteiger partial charge in [0.15, 0.2) is 0 Å². The molecule has 4 heteroatoms. The molecule has 0 saturated carbocycles. The Kier molecular flexibility index (Phi) is 2.64. The fourth-order valence-corrected chi connectivity index (χ4v) is 2.57. The Balaban J connectivity index is 2.69. The number of hydrogen-bond acceptors (Lipinski definition) is 4. The molecule has 0 atom stereocenters. The second-order valence-corrected chi connectivity index (χ2v) is 4.42. The fourth-order valence-electron chi connectivity index (χ4n) is 2.57. The van der Waals surface area contributed by atoms with Crippen LogP contribution >= 0.6 is 0 Å². The number of carbonyl (C=O) groups is 2. The van der Waals surface area contributed by atoms with E-state index >= 15 is 0 Å². The van der Waals surface area contributed by atoms with Gasteiger partial charge in [0.1, 0.15) is 0 Å². The van der Waals surface area contributed by atoms with Gasteiger partial charge in [-0.15, -0.1) is 0 Å². The molecular formula is C16H8O4-2. The maximum absolute atomic E-state index is 11.4. The Hall–Kier alpha value is -2.88. The van der Waals surface area contributed by atoms with Crippen molar-refractivity contribution in [3.05, 3.63) is 59.7 Å². The van der Waals surface area contributed by atoms with Crippen LogP contribution in [0.15, 0.2) is 48.5 Å². The van der Waals surface area contributed by atoms with Crippen LogP contribution in [0.5, 0.6) is 0 Å². The Morgan fingerprint density at radius 1 is 0.600 bits per heavy atom. The molecule has 0 aliphatic rings. The minimum atomic E-state index is -1.33. The monoisotopic (exact) mass is 264 g/mol. The van der Waals surface area contributed by atoms with E-state index in [1.807, 2.05) is 0 Å². The van der Waals surface area contributed by atoms with Crippen molar-refractivity contribution in [2.24, 2.45) is 0 Å².